The topological polar surface area (TPSA) is 41.5 Å². The van der Waals surface area contributed by atoms with Gasteiger partial charge in [0.1, 0.15) is 0 Å². The molecule has 1 aliphatic carbocycles. The highest BCUT2D eigenvalue weighted by molar-refractivity contribution is 6.30. The second kappa shape index (κ2) is 6.83. The lowest BCUT2D eigenvalue weighted by Crippen LogP contribution is -2.15. The third-order valence-corrected chi connectivity index (χ3v) is 3.63. The molecular formula is C15H20ClNO2. The van der Waals surface area contributed by atoms with Crippen molar-refractivity contribution in [3.05, 3.63) is 34.4 Å². The minimum atomic E-state index is 0.166. The molecule has 0 amide bonds. The Morgan fingerprint density at radius 2 is 2.26 bits per heavy atom. The maximum atomic E-state index is 9.99. The molecule has 104 valence electrons. The van der Waals surface area contributed by atoms with E-state index in [1.165, 1.54) is 26.4 Å². The third-order valence-electron chi connectivity index (χ3n) is 3.41. The van der Waals surface area contributed by atoms with E-state index in [1.54, 1.807) is 17.7 Å². The third kappa shape index (κ3) is 3.88. The summed E-state index contributed by atoms with van der Waals surface area (Å²) in [6.45, 7) is 1.51. The molecule has 0 atom stereocenters. The van der Waals surface area contributed by atoms with Crippen LogP contribution in [0, 0.1) is 0 Å². The summed E-state index contributed by atoms with van der Waals surface area (Å²) in [7, 11) is 1.52. The summed E-state index contributed by atoms with van der Waals surface area (Å²) in [5.41, 5.74) is 2.31. The average molecular weight is 282 g/mol. The van der Waals surface area contributed by atoms with Crippen molar-refractivity contribution in [2.24, 2.45) is 0 Å². The van der Waals surface area contributed by atoms with Gasteiger partial charge in [0.15, 0.2) is 11.5 Å². The Hall–Kier alpha value is -1.19. The summed E-state index contributed by atoms with van der Waals surface area (Å²) < 4.78 is 5.08. The average Bonchev–Trinajstić information content (AvgIpc) is 2.91. The van der Waals surface area contributed by atoms with Crippen LogP contribution in [0.15, 0.2) is 23.8 Å². The van der Waals surface area contributed by atoms with E-state index in [9.17, 15) is 5.11 Å². The predicted octanol–water partition coefficient (Wildman–Crippen LogP) is 3.64. The second-order valence-electron chi connectivity index (χ2n) is 4.80. The molecule has 2 N–H and O–H groups in total. The van der Waals surface area contributed by atoms with Crippen molar-refractivity contribution in [1.82, 2.24) is 5.32 Å². The van der Waals surface area contributed by atoms with Crippen LogP contribution in [0.25, 0.3) is 0 Å². The van der Waals surface area contributed by atoms with E-state index in [4.69, 9.17) is 16.3 Å². The zero-order chi connectivity index (χ0) is 13.7. The summed E-state index contributed by atoms with van der Waals surface area (Å²) in [5, 5.41) is 13.9. The number of allylic oxidation sites excluding steroid dienone is 1. The van der Waals surface area contributed by atoms with Crippen LogP contribution >= 0.6 is 11.6 Å². The van der Waals surface area contributed by atoms with Crippen LogP contribution < -0.4 is 10.1 Å². The summed E-state index contributed by atoms with van der Waals surface area (Å²) in [6.07, 6.45) is 7.17. The summed E-state index contributed by atoms with van der Waals surface area (Å²) >= 11 is 5.99. The van der Waals surface area contributed by atoms with Gasteiger partial charge < -0.3 is 15.2 Å². The summed E-state index contributed by atoms with van der Waals surface area (Å²) in [6, 6.07) is 3.38. The number of rotatable bonds is 6. The molecule has 3 nitrogen and oxygen atoms in total. The number of benzene rings is 1. The molecule has 0 radical (unpaired) electrons. The van der Waals surface area contributed by atoms with Gasteiger partial charge in [0.25, 0.3) is 0 Å². The molecule has 19 heavy (non-hydrogen) atoms. The molecule has 0 bridgehead atoms. The van der Waals surface area contributed by atoms with Gasteiger partial charge in [-0.05, 0) is 38.3 Å². The first-order chi connectivity index (χ1) is 9.20. The minimum absolute atomic E-state index is 0.166. The first-order valence-electron chi connectivity index (χ1n) is 6.64. The molecule has 0 fully saturated rings. The van der Waals surface area contributed by atoms with E-state index in [0.717, 1.165) is 18.5 Å². The molecule has 0 aromatic heterocycles. The molecule has 1 aromatic carbocycles. The van der Waals surface area contributed by atoms with E-state index >= 15 is 0 Å². The molecule has 0 heterocycles. The monoisotopic (exact) mass is 281 g/mol. The Labute approximate surface area is 119 Å². The van der Waals surface area contributed by atoms with Crippen molar-refractivity contribution in [3.8, 4) is 11.5 Å². The number of methoxy groups -OCH3 is 1. The van der Waals surface area contributed by atoms with Gasteiger partial charge in [0, 0.05) is 23.2 Å². The Kier molecular flexibility index (Phi) is 5.11. The molecule has 4 heteroatoms. The lowest BCUT2D eigenvalue weighted by atomic mass is 10.1. The SMILES string of the molecule is COc1cc(Cl)cc(CNCCC2=CCCC2)c1O. The summed E-state index contributed by atoms with van der Waals surface area (Å²) in [4.78, 5) is 0. The number of ether oxygens (including phenoxy) is 1. The minimum Gasteiger partial charge on any atom is -0.504 e. The van der Waals surface area contributed by atoms with Crippen molar-refractivity contribution in [2.75, 3.05) is 13.7 Å². The Balaban J connectivity index is 1.86. The van der Waals surface area contributed by atoms with E-state index in [0.29, 0.717) is 17.3 Å². The van der Waals surface area contributed by atoms with Gasteiger partial charge in [-0.25, -0.2) is 0 Å². The number of phenols is 1. The fraction of sp³-hybridized carbons (Fsp3) is 0.467. The lowest BCUT2D eigenvalue weighted by Gasteiger charge is -2.11. The van der Waals surface area contributed by atoms with Crippen LogP contribution in [0.4, 0.5) is 0 Å². The molecule has 0 aliphatic heterocycles. The van der Waals surface area contributed by atoms with Crippen LogP contribution in [0.1, 0.15) is 31.2 Å². The largest absolute Gasteiger partial charge is 0.504 e. The molecule has 0 spiro atoms. The lowest BCUT2D eigenvalue weighted by molar-refractivity contribution is 0.369. The summed E-state index contributed by atoms with van der Waals surface area (Å²) in [5.74, 6) is 0.585. The quantitative estimate of drug-likeness (QED) is 0.618. The zero-order valence-corrected chi connectivity index (χ0v) is 12.0. The van der Waals surface area contributed by atoms with E-state index < -0.39 is 0 Å². The Bertz CT molecular complexity index is 471. The number of hydrogen-bond acceptors (Lipinski definition) is 3. The maximum Gasteiger partial charge on any atom is 0.162 e. The Morgan fingerprint density at radius 3 is 2.95 bits per heavy atom. The standard InChI is InChI=1S/C15H20ClNO2/c1-19-14-9-13(16)8-12(15(14)18)10-17-7-6-11-4-2-3-5-11/h4,8-9,17-18H,2-3,5-7,10H2,1H3. The van der Waals surface area contributed by atoms with E-state index in [2.05, 4.69) is 11.4 Å². The van der Waals surface area contributed by atoms with Crippen LogP contribution in [0.3, 0.4) is 0 Å². The smallest absolute Gasteiger partial charge is 0.162 e. The van der Waals surface area contributed by atoms with Gasteiger partial charge in [0.05, 0.1) is 7.11 Å². The molecule has 1 aromatic rings. The highest BCUT2D eigenvalue weighted by atomic mass is 35.5. The Morgan fingerprint density at radius 1 is 1.42 bits per heavy atom. The molecular weight excluding hydrogens is 262 g/mol. The van der Waals surface area contributed by atoms with Gasteiger partial charge in [-0.3, -0.25) is 0 Å². The number of hydrogen-bond donors (Lipinski definition) is 2. The normalized spacial score (nSPS) is 14.5. The highest BCUT2D eigenvalue weighted by Crippen LogP contribution is 2.33. The first-order valence-corrected chi connectivity index (χ1v) is 7.02. The van der Waals surface area contributed by atoms with Crippen molar-refractivity contribution in [2.45, 2.75) is 32.2 Å². The molecule has 0 saturated carbocycles. The number of halogens is 1. The van der Waals surface area contributed by atoms with Crippen LogP contribution in [-0.4, -0.2) is 18.8 Å². The van der Waals surface area contributed by atoms with Crippen LogP contribution in [0.5, 0.6) is 11.5 Å². The van der Waals surface area contributed by atoms with E-state index in [1.807, 2.05) is 0 Å². The predicted molar refractivity (Wildman–Crippen MR) is 77.9 cm³/mol. The fourth-order valence-corrected chi connectivity index (χ4v) is 2.59. The second-order valence-corrected chi connectivity index (χ2v) is 5.23. The van der Waals surface area contributed by atoms with Crippen LogP contribution in [-0.2, 0) is 6.54 Å². The van der Waals surface area contributed by atoms with Crippen molar-refractivity contribution >= 4 is 11.6 Å². The number of phenolic OH excluding ortho intramolecular Hbond substituents is 1. The zero-order valence-electron chi connectivity index (χ0n) is 11.2. The maximum absolute atomic E-state index is 9.99. The van der Waals surface area contributed by atoms with Gasteiger partial charge in [-0.1, -0.05) is 23.3 Å². The van der Waals surface area contributed by atoms with Gasteiger partial charge >= 0.3 is 0 Å². The highest BCUT2D eigenvalue weighted by Gasteiger charge is 2.10. The van der Waals surface area contributed by atoms with Gasteiger partial charge in [-0.15, -0.1) is 0 Å². The molecule has 2 rings (SSSR count). The first kappa shape index (κ1) is 14.2. The van der Waals surface area contributed by atoms with Gasteiger partial charge in [-0.2, -0.15) is 0 Å². The van der Waals surface area contributed by atoms with Crippen molar-refractivity contribution in [1.29, 1.82) is 0 Å². The van der Waals surface area contributed by atoms with E-state index in [-0.39, 0.29) is 5.75 Å². The van der Waals surface area contributed by atoms with Crippen molar-refractivity contribution in [3.63, 3.8) is 0 Å². The van der Waals surface area contributed by atoms with Crippen LogP contribution in [0.2, 0.25) is 5.02 Å². The van der Waals surface area contributed by atoms with Crippen molar-refractivity contribution < 1.29 is 9.84 Å². The fourth-order valence-electron chi connectivity index (χ4n) is 2.36. The number of nitrogens with one attached hydrogen (secondary N) is 1. The number of aromatic hydroxyl groups is 1. The van der Waals surface area contributed by atoms with Gasteiger partial charge in [0.2, 0.25) is 0 Å². The molecule has 0 unspecified atom stereocenters. The molecule has 0 saturated heterocycles. The molecule has 1 aliphatic rings.